The minimum absolute atomic E-state index is 0.130. The molecule has 116 valence electrons. The second-order valence-electron chi connectivity index (χ2n) is 4.67. The number of carbonyl (C=O) groups is 1. The van der Waals surface area contributed by atoms with Crippen LogP contribution in [0.15, 0.2) is 18.2 Å². The summed E-state index contributed by atoms with van der Waals surface area (Å²) in [5, 5.41) is 0. The topological polar surface area (TPSA) is 55.6 Å². The molecule has 1 heterocycles. The number of carbonyl (C=O) groups excluding carboxylic acids is 1. The Labute approximate surface area is 118 Å². The summed E-state index contributed by atoms with van der Waals surface area (Å²) in [6.45, 7) is 0.707. The Morgan fingerprint density at radius 2 is 2.14 bits per heavy atom. The van der Waals surface area contributed by atoms with Crippen LogP contribution < -0.4 is 5.73 Å². The number of nitrogens with zero attached hydrogens (tertiary/aromatic N) is 1. The highest BCUT2D eigenvalue weighted by atomic mass is 19.4. The van der Waals surface area contributed by atoms with Crippen molar-refractivity contribution in [1.29, 1.82) is 0 Å². The van der Waals surface area contributed by atoms with E-state index >= 15 is 0 Å². The molecule has 1 atom stereocenters. The van der Waals surface area contributed by atoms with Gasteiger partial charge in [0.1, 0.15) is 5.82 Å². The third kappa shape index (κ3) is 3.51. The average molecular weight is 306 g/mol. The number of hydrogen-bond acceptors (Lipinski definition) is 3. The fourth-order valence-corrected chi connectivity index (χ4v) is 2.08. The maximum absolute atomic E-state index is 13.7. The Hall–Kier alpha value is -1.67. The second-order valence-corrected chi connectivity index (χ2v) is 4.67. The molecule has 0 aliphatic carbocycles. The average Bonchev–Trinajstić information content (AvgIpc) is 2.46. The number of benzene rings is 1. The number of halogens is 4. The zero-order valence-corrected chi connectivity index (χ0v) is 11.0. The van der Waals surface area contributed by atoms with Gasteiger partial charge in [-0.3, -0.25) is 4.79 Å². The van der Waals surface area contributed by atoms with Crippen molar-refractivity contribution in [1.82, 2.24) is 4.90 Å². The first kappa shape index (κ1) is 15.7. The maximum Gasteiger partial charge on any atom is 0.416 e. The molecule has 1 aromatic carbocycles. The number of rotatable bonds is 2. The normalized spacial score (nSPS) is 19.7. The van der Waals surface area contributed by atoms with E-state index < -0.39 is 35.1 Å². The molecule has 1 fully saturated rings. The number of amides is 1. The number of morpholine rings is 1. The Morgan fingerprint density at radius 3 is 2.76 bits per heavy atom. The quantitative estimate of drug-likeness (QED) is 0.845. The molecule has 21 heavy (non-hydrogen) atoms. The molecule has 0 radical (unpaired) electrons. The Morgan fingerprint density at radius 1 is 1.43 bits per heavy atom. The van der Waals surface area contributed by atoms with E-state index in [2.05, 4.69) is 0 Å². The van der Waals surface area contributed by atoms with Crippen LogP contribution >= 0.6 is 0 Å². The lowest BCUT2D eigenvalue weighted by Gasteiger charge is -2.32. The molecule has 1 aliphatic heterocycles. The van der Waals surface area contributed by atoms with Crippen LogP contribution in [-0.2, 0) is 10.9 Å². The minimum Gasteiger partial charge on any atom is -0.373 e. The third-order valence-electron chi connectivity index (χ3n) is 3.21. The number of alkyl halides is 3. The molecule has 1 saturated heterocycles. The highest BCUT2D eigenvalue weighted by Crippen LogP contribution is 2.30. The van der Waals surface area contributed by atoms with E-state index in [1.54, 1.807) is 0 Å². The number of nitrogens with two attached hydrogens (primary N) is 1. The number of ether oxygens (including phenoxy) is 1. The monoisotopic (exact) mass is 306 g/mol. The molecule has 1 amide bonds. The van der Waals surface area contributed by atoms with Crippen molar-refractivity contribution in [3.05, 3.63) is 35.1 Å². The molecular weight excluding hydrogens is 292 g/mol. The van der Waals surface area contributed by atoms with Gasteiger partial charge in [-0.05, 0) is 18.2 Å². The summed E-state index contributed by atoms with van der Waals surface area (Å²) >= 11 is 0. The molecular formula is C13H14F4N2O2. The second kappa shape index (κ2) is 5.98. The molecule has 8 heteroatoms. The van der Waals surface area contributed by atoms with Crippen LogP contribution in [0.2, 0.25) is 0 Å². The molecule has 4 nitrogen and oxygen atoms in total. The lowest BCUT2D eigenvalue weighted by atomic mass is 10.1. The Balaban J connectivity index is 2.26. The van der Waals surface area contributed by atoms with E-state index in [4.69, 9.17) is 10.5 Å². The van der Waals surface area contributed by atoms with Gasteiger partial charge in [0.2, 0.25) is 0 Å². The fraction of sp³-hybridized carbons (Fsp3) is 0.462. The van der Waals surface area contributed by atoms with Crippen molar-refractivity contribution in [2.24, 2.45) is 5.73 Å². The van der Waals surface area contributed by atoms with E-state index in [-0.39, 0.29) is 26.2 Å². The summed E-state index contributed by atoms with van der Waals surface area (Å²) in [7, 11) is 0. The Kier molecular flexibility index (Phi) is 4.48. The fourth-order valence-electron chi connectivity index (χ4n) is 2.08. The Bertz CT molecular complexity index is 533. The van der Waals surface area contributed by atoms with Gasteiger partial charge in [0.15, 0.2) is 0 Å². The summed E-state index contributed by atoms with van der Waals surface area (Å²) in [5.41, 5.74) is 3.78. The van der Waals surface area contributed by atoms with Crippen molar-refractivity contribution in [2.75, 3.05) is 26.2 Å². The third-order valence-corrected chi connectivity index (χ3v) is 3.21. The zero-order chi connectivity index (χ0) is 15.6. The largest absolute Gasteiger partial charge is 0.416 e. The molecule has 2 rings (SSSR count). The van der Waals surface area contributed by atoms with E-state index in [9.17, 15) is 22.4 Å². The van der Waals surface area contributed by atoms with Gasteiger partial charge in [0, 0.05) is 19.6 Å². The first-order valence-corrected chi connectivity index (χ1v) is 6.30. The zero-order valence-electron chi connectivity index (χ0n) is 11.0. The van der Waals surface area contributed by atoms with E-state index in [0.717, 1.165) is 0 Å². The predicted octanol–water partition coefficient (Wildman–Crippen LogP) is 1.64. The molecule has 0 bridgehead atoms. The molecule has 1 aliphatic rings. The SMILES string of the molecule is NCC1CN(C(=O)c2cc(C(F)(F)F)ccc2F)CCO1. The summed E-state index contributed by atoms with van der Waals surface area (Å²) in [4.78, 5) is 13.4. The summed E-state index contributed by atoms with van der Waals surface area (Å²) in [6.07, 6.45) is -5.02. The van der Waals surface area contributed by atoms with Gasteiger partial charge in [0.05, 0.1) is 23.8 Å². The van der Waals surface area contributed by atoms with E-state index in [1.807, 2.05) is 0 Å². The van der Waals surface area contributed by atoms with Crippen molar-refractivity contribution >= 4 is 5.91 Å². The van der Waals surface area contributed by atoms with Crippen molar-refractivity contribution in [3.63, 3.8) is 0 Å². The maximum atomic E-state index is 13.7. The van der Waals surface area contributed by atoms with Crippen LogP contribution in [0.4, 0.5) is 17.6 Å². The first-order chi connectivity index (χ1) is 9.82. The van der Waals surface area contributed by atoms with Gasteiger partial charge < -0.3 is 15.4 Å². The van der Waals surface area contributed by atoms with E-state index in [0.29, 0.717) is 18.2 Å². The molecule has 1 aromatic rings. The number of hydrogen-bond donors (Lipinski definition) is 1. The van der Waals surface area contributed by atoms with Crippen LogP contribution in [-0.4, -0.2) is 43.2 Å². The lowest BCUT2D eigenvalue weighted by Crippen LogP contribution is -2.48. The molecule has 0 saturated carbocycles. The van der Waals surface area contributed by atoms with Gasteiger partial charge in [0.25, 0.3) is 5.91 Å². The van der Waals surface area contributed by atoms with Gasteiger partial charge in [-0.25, -0.2) is 4.39 Å². The van der Waals surface area contributed by atoms with Gasteiger partial charge in [-0.15, -0.1) is 0 Å². The van der Waals surface area contributed by atoms with Crippen LogP contribution in [0.1, 0.15) is 15.9 Å². The summed E-state index contributed by atoms with van der Waals surface area (Å²) in [6, 6.07) is 1.79. The highest BCUT2D eigenvalue weighted by molar-refractivity contribution is 5.94. The van der Waals surface area contributed by atoms with Gasteiger partial charge in [-0.2, -0.15) is 13.2 Å². The minimum atomic E-state index is -4.63. The molecule has 0 spiro atoms. The van der Waals surface area contributed by atoms with Crippen LogP contribution in [0.5, 0.6) is 0 Å². The standard InChI is InChI=1S/C13H14F4N2O2/c14-11-2-1-8(13(15,16)17)5-10(11)12(20)19-3-4-21-9(6-18)7-19/h1-2,5,9H,3-4,6-7,18H2. The van der Waals surface area contributed by atoms with Crippen LogP contribution in [0, 0.1) is 5.82 Å². The van der Waals surface area contributed by atoms with E-state index in [1.165, 1.54) is 4.90 Å². The first-order valence-electron chi connectivity index (χ1n) is 6.30. The molecule has 2 N–H and O–H groups in total. The highest BCUT2D eigenvalue weighted by Gasteiger charge is 2.33. The van der Waals surface area contributed by atoms with Crippen LogP contribution in [0.25, 0.3) is 0 Å². The smallest absolute Gasteiger partial charge is 0.373 e. The molecule has 1 unspecified atom stereocenters. The lowest BCUT2D eigenvalue weighted by molar-refractivity contribution is -0.137. The predicted molar refractivity (Wildman–Crippen MR) is 66.1 cm³/mol. The van der Waals surface area contributed by atoms with Crippen molar-refractivity contribution in [2.45, 2.75) is 12.3 Å². The van der Waals surface area contributed by atoms with Crippen molar-refractivity contribution in [3.8, 4) is 0 Å². The van der Waals surface area contributed by atoms with Gasteiger partial charge in [-0.1, -0.05) is 0 Å². The van der Waals surface area contributed by atoms with Crippen molar-refractivity contribution < 1.29 is 27.1 Å². The summed E-state index contributed by atoms with van der Waals surface area (Å²) in [5.74, 6) is -1.77. The summed E-state index contributed by atoms with van der Waals surface area (Å²) < 4.78 is 56.8. The van der Waals surface area contributed by atoms with Crippen LogP contribution in [0.3, 0.4) is 0 Å². The molecule has 0 aromatic heterocycles. The van der Waals surface area contributed by atoms with Gasteiger partial charge >= 0.3 is 6.18 Å².